The topological polar surface area (TPSA) is 47.9 Å². The zero-order chi connectivity index (χ0) is 13.5. The number of benzene rings is 1. The number of oxime groups is 1. The van der Waals surface area contributed by atoms with Gasteiger partial charge in [-0.05, 0) is 18.4 Å². The predicted molar refractivity (Wildman–Crippen MR) is 72.9 cm³/mol. The van der Waals surface area contributed by atoms with Crippen molar-refractivity contribution >= 4 is 11.5 Å². The number of nitrogens with zero attached hydrogens (tertiary/aromatic N) is 1. The highest BCUT2D eigenvalue weighted by Crippen LogP contribution is 2.16. The third kappa shape index (κ3) is 4.48. The molecule has 0 bridgehead atoms. The van der Waals surface area contributed by atoms with Crippen LogP contribution in [0.1, 0.15) is 31.7 Å². The van der Waals surface area contributed by atoms with Crippen molar-refractivity contribution in [3.05, 3.63) is 35.9 Å². The van der Waals surface area contributed by atoms with Gasteiger partial charge in [0.05, 0.1) is 6.61 Å². The molecule has 1 aliphatic rings. The van der Waals surface area contributed by atoms with E-state index in [0.29, 0.717) is 25.3 Å². The average Bonchev–Trinajstić information content (AvgIpc) is 2.89. The van der Waals surface area contributed by atoms with Crippen LogP contribution in [0.15, 0.2) is 35.5 Å². The Morgan fingerprint density at radius 1 is 1.42 bits per heavy atom. The fourth-order valence-corrected chi connectivity index (χ4v) is 1.97. The molecule has 1 aromatic carbocycles. The summed E-state index contributed by atoms with van der Waals surface area (Å²) in [6.45, 7) is 2.86. The highest BCUT2D eigenvalue weighted by molar-refractivity contribution is 6.39. The van der Waals surface area contributed by atoms with Crippen molar-refractivity contribution in [3.8, 4) is 0 Å². The van der Waals surface area contributed by atoms with E-state index in [1.54, 1.807) is 0 Å². The molecule has 2 rings (SSSR count). The van der Waals surface area contributed by atoms with Crippen LogP contribution in [-0.2, 0) is 21.0 Å². The summed E-state index contributed by atoms with van der Waals surface area (Å²) in [7, 11) is 0. The molecule has 4 heteroatoms. The molecule has 0 aliphatic carbocycles. The van der Waals surface area contributed by atoms with Crippen molar-refractivity contribution in [2.45, 2.75) is 38.9 Å². The number of carbonyl (C=O) groups is 1. The first-order valence-corrected chi connectivity index (χ1v) is 6.61. The summed E-state index contributed by atoms with van der Waals surface area (Å²) in [4.78, 5) is 16.3. The van der Waals surface area contributed by atoms with Crippen molar-refractivity contribution < 1.29 is 14.4 Å². The van der Waals surface area contributed by atoms with Gasteiger partial charge in [-0.25, -0.2) is 0 Å². The maximum atomic E-state index is 11.1. The predicted octanol–water partition coefficient (Wildman–Crippen LogP) is 2.72. The second-order valence-corrected chi connectivity index (χ2v) is 4.71. The van der Waals surface area contributed by atoms with E-state index in [2.05, 4.69) is 5.16 Å². The Labute approximate surface area is 113 Å². The van der Waals surface area contributed by atoms with Crippen molar-refractivity contribution in [3.63, 3.8) is 0 Å². The Bertz CT molecular complexity index is 442. The van der Waals surface area contributed by atoms with Gasteiger partial charge in [-0.3, -0.25) is 4.79 Å². The summed E-state index contributed by atoms with van der Waals surface area (Å²) in [6.07, 6.45) is 2.46. The van der Waals surface area contributed by atoms with Gasteiger partial charge in [-0.2, -0.15) is 0 Å². The zero-order valence-electron chi connectivity index (χ0n) is 11.2. The molecule has 0 aromatic heterocycles. The van der Waals surface area contributed by atoms with E-state index in [4.69, 9.17) is 9.57 Å². The normalized spacial score (nSPS) is 17.9. The van der Waals surface area contributed by atoms with E-state index < -0.39 is 0 Å². The lowest BCUT2D eigenvalue weighted by Crippen LogP contribution is -2.13. The van der Waals surface area contributed by atoms with Crippen LogP contribution in [-0.4, -0.2) is 24.2 Å². The number of ketones is 1. The summed E-state index contributed by atoms with van der Waals surface area (Å²) in [6, 6.07) is 10.1. The van der Waals surface area contributed by atoms with Gasteiger partial charge in [-0.1, -0.05) is 35.5 Å². The van der Waals surface area contributed by atoms with Crippen molar-refractivity contribution in [2.75, 3.05) is 6.61 Å². The lowest BCUT2D eigenvalue weighted by molar-refractivity contribution is -0.111. The molecule has 4 nitrogen and oxygen atoms in total. The Balaban J connectivity index is 1.55. The Morgan fingerprint density at radius 2 is 2.21 bits per heavy atom. The highest BCUT2D eigenvalue weighted by Gasteiger charge is 2.22. The van der Waals surface area contributed by atoms with Gasteiger partial charge >= 0.3 is 0 Å². The van der Waals surface area contributed by atoms with Gasteiger partial charge < -0.3 is 9.57 Å². The molecule has 1 aromatic rings. The molecule has 0 amide bonds. The van der Waals surface area contributed by atoms with Gasteiger partial charge in [0, 0.05) is 20.0 Å². The molecule has 1 heterocycles. The molecule has 1 aliphatic heterocycles. The summed E-state index contributed by atoms with van der Waals surface area (Å²) >= 11 is 0. The minimum atomic E-state index is 0.00262. The van der Waals surface area contributed by atoms with Crippen molar-refractivity contribution in [2.24, 2.45) is 5.16 Å². The lowest BCUT2D eigenvalue weighted by atomic mass is 10.1. The van der Waals surface area contributed by atoms with E-state index >= 15 is 0 Å². The SMILES string of the molecule is CC(=O)C1=NOC(CCCOCc2ccccc2)C1. The molecule has 19 heavy (non-hydrogen) atoms. The molecule has 0 fully saturated rings. The van der Waals surface area contributed by atoms with Crippen molar-refractivity contribution in [1.82, 2.24) is 0 Å². The maximum Gasteiger partial charge on any atom is 0.177 e. The van der Waals surface area contributed by atoms with Crippen molar-refractivity contribution in [1.29, 1.82) is 0 Å². The van der Waals surface area contributed by atoms with E-state index in [1.165, 1.54) is 12.5 Å². The summed E-state index contributed by atoms with van der Waals surface area (Å²) in [5.74, 6) is 0.00262. The molecule has 0 saturated carbocycles. The Kier molecular flexibility index (Phi) is 5.10. The van der Waals surface area contributed by atoms with Crippen LogP contribution in [0.5, 0.6) is 0 Å². The number of hydrogen-bond donors (Lipinski definition) is 0. The second-order valence-electron chi connectivity index (χ2n) is 4.71. The fraction of sp³-hybridized carbons (Fsp3) is 0.467. The highest BCUT2D eigenvalue weighted by atomic mass is 16.6. The van der Waals surface area contributed by atoms with Gasteiger partial charge in [0.25, 0.3) is 0 Å². The Hall–Kier alpha value is -1.68. The third-order valence-electron chi connectivity index (χ3n) is 3.07. The van der Waals surface area contributed by atoms with Crippen LogP contribution in [0.25, 0.3) is 0 Å². The van der Waals surface area contributed by atoms with Crippen LogP contribution in [0, 0.1) is 0 Å². The molecule has 1 unspecified atom stereocenters. The fourth-order valence-electron chi connectivity index (χ4n) is 1.97. The Morgan fingerprint density at radius 3 is 2.89 bits per heavy atom. The third-order valence-corrected chi connectivity index (χ3v) is 3.07. The average molecular weight is 261 g/mol. The summed E-state index contributed by atoms with van der Waals surface area (Å²) in [5, 5.41) is 3.79. The smallest absolute Gasteiger partial charge is 0.177 e. The number of carbonyl (C=O) groups excluding carboxylic acids is 1. The zero-order valence-corrected chi connectivity index (χ0v) is 11.2. The standard InChI is InChI=1S/C15H19NO3/c1-12(17)15-10-14(19-16-15)8-5-9-18-11-13-6-3-2-4-7-13/h2-4,6-7,14H,5,8-11H2,1H3. The van der Waals surface area contributed by atoms with Gasteiger partial charge in [-0.15, -0.1) is 0 Å². The van der Waals surface area contributed by atoms with Crippen LogP contribution in [0.2, 0.25) is 0 Å². The quantitative estimate of drug-likeness (QED) is 0.709. The molecule has 0 spiro atoms. The first-order chi connectivity index (χ1) is 9.25. The minimum Gasteiger partial charge on any atom is -0.392 e. The monoisotopic (exact) mass is 261 g/mol. The summed E-state index contributed by atoms with van der Waals surface area (Å²) in [5.41, 5.74) is 1.73. The molecular weight excluding hydrogens is 242 g/mol. The molecule has 0 radical (unpaired) electrons. The second kappa shape index (κ2) is 7.04. The lowest BCUT2D eigenvalue weighted by Gasteiger charge is -2.08. The van der Waals surface area contributed by atoms with Crippen LogP contribution in [0.3, 0.4) is 0 Å². The minimum absolute atomic E-state index is 0.00262. The molecule has 102 valence electrons. The van der Waals surface area contributed by atoms with Gasteiger partial charge in [0.2, 0.25) is 0 Å². The number of ether oxygens (including phenoxy) is 1. The first kappa shape index (κ1) is 13.7. The van der Waals surface area contributed by atoms with Crippen LogP contribution >= 0.6 is 0 Å². The van der Waals surface area contributed by atoms with Gasteiger partial charge in [0.15, 0.2) is 5.78 Å². The largest absolute Gasteiger partial charge is 0.392 e. The van der Waals surface area contributed by atoms with E-state index in [1.807, 2.05) is 30.3 Å². The number of hydrogen-bond acceptors (Lipinski definition) is 4. The van der Waals surface area contributed by atoms with Crippen LogP contribution < -0.4 is 0 Å². The summed E-state index contributed by atoms with van der Waals surface area (Å²) < 4.78 is 5.59. The molecule has 1 atom stereocenters. The van der Waals surface area contributed by atoms with E-state index in [-0.39, 0.29) is 11.9 Å². The van der Waals surface area contributed by atoms with E-state index in [9.17, 15) is 4.79 Å². The van der Waals surface area contributed by atoms with E-state index in [0.717, 1.165) is 12.8 Å². The first-order valence-electron chi connectivity index (χ1n) is 6.61. The maximum absolute atomic E-state index is 11.1. The molecular formula is C15H19NO3. The molecule has 0 N–H and O–H groups in total. The number of rotatable bonds is 7. The number of Topliss-reactive ketones (excluding diaryl/α,β-unsaturated/α-hetero) is 1. The van der Waals surface area contributed by atoms with Crippen LogP contribution in [0.4, 0.5) is 0 Å². The van der Waals surface area contributed by atoms with Gasteiger partial charge in [0.1, 0.15) is 11.8 Å². The molecule has 0 saturated heterocycles.